The molecular weight excluding hydrogens is 334 g/mol. The third kappa shape index (κ3) is 19.6. The molecule has 0 spiro atoms. The largest absolute Gasteiger partial charge is 0.483 e. The van der Waals surface area contributed by atoms with Crippen molar-refractivity contribution in [2.75, 3.05) is 27.3 Å². The topological polar surface area (TPSA) is 119 Å². The van der Waals surface area contributed by atoms with Crippen LogP contribution in [0.2, 0.25) is 0 Å². The van der Waals surface area contributed by atoms with Crippen LogP contribution in [0.4, 0.5) is 4.79 Å². The molecule has 25 heavy (non-hydrogen) atoms. The monoisotopic (exact) mass is 365 g/mol. The van der Waals surface area contributed by atoms with Gasteiger partial charge in [-0.2, -0.15) is 0 Å². The number of carboxylic acid groups (broad SMARTS) is 1. The van der Waals surface area contributed by atoms with E-state index in [2.05, 4.69) is 9.47 Å². The van der Waals surface area contributed by atoms with Gasteiger partial charge in [0.15, 0.2) is 0 Å². The minimum absolute atomic E-state index is 0.0386. The average Bonchev–Trinajstić information content (AvgIpc) is 2.55. The fourth-order valence-electron chi connectivity index (χ4n) is 1.28. The standard InChI is InChI=1S/C13H23NO6.C2H6.CH2O2/c1-13(2,3)20-12(17)14(8-6-10(15)18-4)9-7-11(16)19-5;1-2;2-1-3/h6-9H2,1-5H3;1-2H3;1H,(H,2,3). The van der Waals surface area contributed by atoms with E-state index < -0.39 is 23.6 Å². The van der Waals surface area contributed by atoms with E-state index in [1.807, 2.05) is 13.8 Å². The zero-order valence-electron chi connectivity index (χ0n) is 16.2. The quantitative estimate of drug-likeness (QED) is 0.431. The fourth-order valence-corrected chi connectivity index (χ4v) is 1.28. The van der Waals surface area contributed by atoms with Crippen LogP contribution in [-0.4, -0.2) is 67.4 Å². The highest BCUT2D eigenvalue weighted by molar-refractivity contribution is 5.73. The lowest BCUT2D eigenvalue weighted by Gasteiger charge is -2.26. The number of esters is 2. The summed E-state index contributed by atoms with van der Waals surface area (Å²) in [5.74, 6) is -0.867. The number of rotatable bonds is 6. The predicted octanol–water partition coefficient (Wildman–Crippen LogP) is 2.08. The first kappa shape index (κ1) is 27.5. The van der Waals surface area contributed by atoms with Gasteiger partial charge in [0.25, 0.3) is 6.47 Å². The van der Waals surface area contributed by atoms with E-state index in [1.165, 1.54) is 19.1 Å². The Morgan fingerprint density at radius 1 is 0.960 bits per heavy atom. The summed E-state index contributed by atoms with van der Waals surface area (Å²) in [4.78, 5) is 43.9. The van der Waals surface area contributed by atoms with Crippen molar-refractivity contribution in [1.29, 1.82) is 0 Å². The third-order valence-corrected chi connectivity index (χ3v) is 2.28. The highest BCUT2D eigenvalue weighted by Crippen LogP contribution is 2.11. The van der Waals surface area contributed by atoms with Crippen LogP contribution in [0.25, 0.3) is 0 Å². The smallest absolute Gasteiger partial charge is 0.410 e. The molecule has 0 atom stereocenters. The molecule has 0 aromatic carbocycles. The molecule has 0 heterocycles. The molecule has 0 saturated heterocycles. The second kappa shape index (κ2) is 16.5. The molecule has 0 fully saturated rings. The molecule has 0 rings (SSSR count). The number of nitrogens with zero attached hydrogens (tertiary/aromatic N) is 1. The SMILES string of the molecule is CC.COC(=O)CCN(CCC(=O)OC)C(=O)OC(C)(C)C.O=CO. The second-order valence-corrected chi connectivity index (χ2v) is 5.23. The summed E-state index contributed by atoms with van der Waals surface area (Å²) in [5, 5.41) is 6.89. The number of carbonyl (C=O) groups is 4. The summed E-state index contributed by atoms with van der Waals surface area (Å²) >= 11 is 0. The highest BCUT2D eigenvalue weighted by Gasteiger charge is 2.23. The first-order chi connectivity index (χ1) is 11.6. The van der Waals surface area contributed by atoms with Gasteiger partial charge in [-0.3, -0.25) is 14.4 Å². The van der Waals surface area contributed by atoms with Gasteiger partial charge in [-0.05, 0) is 20.8 Å². The zero-order chi connectivity index (χ0) is 20.5. The van der Waals surface area contributed by atoms with Crippen LogP contribution in [0.5, 0.6) is 0 Å². The molecule has 0 saturated carbocycles. The molecule has 9 heteroatoms. The van der Waals surface area contributed by atoms with Gasteiger partial charge in [-0.1, -0.05) is 13.8 Å². The van der Waals surface area contributed by atoms with E-state index >= 15 is 0 Å². The van der Waals surface area contributed by atoms with Crippen LogP contribution in [0.1, 0.15) is 47.5 Å². The summed E-state index contributed by atoms with van der Waals surface area (Å²) in [6, 6.07) is 0. The van der Waals surface area contributed by atoms with Crippen molar-refractivity contribution in [2.24, 2.45) is 0 Å². The molecular formula is C16H31NO8. The summed E-state index contributed by atoms with van der Waals surface area (Å²) in [6.07, 6.45) is -0.501. The van der Waals surface area contributed by atoms with E-state index in [0.29, 0.717) is 0 Å². The summed E-state index contributed by atoms with van der Waals surface area (Å²) in [7, 11) is 2.54. The van der Waals surface area contributed by atoms with Crippen LogP contribution >= 0.6 is 0 Å². The Bertz CT molecular complexity index is 370. The first-order valence-corrected chi connectivity index (χ1v) is 7.80. The number of carbonyl (C=O) groups excluding carboxylic acids is 3. The van der Waals surface area contributed by atoms with E-state index in [9.17, 15) is 14.4 Å². The minimum Gasteiger partial charge on any atom is -0.483 e. The van der Waals surface area contributed by atoms with E-state index in [-0.39, 0.29) is 32.4 Å². The van der Waals surface area contributed by atoms with Crippen molar-refractivity contribution in [2.45, 2.75) is 53.1 Å². The van der Waals surface area contributed by atoms with Gasteiger partial charge in [-0.25, -0.2) is 4.79 Å². The molecule has 1 amide bonds. The zero-order valence-corrected chi connectivity index (χ0v) is 16.2. The minimum atomic E-state index is -0.647. The van der Waals surface area contributed by atoms with Gasteiger partial charge in [0, 0.05) is 13.1 Å². The lowest BCUT2D eigenvalue weighted by Crippen LogP contribution is -2.39. The fraction of sp³-hybridized carbons (Fsp3) is 0.750. The molecule has 1 N–H and O–H groups in total. The maximum atomic E-state index is 12.0. The number of ether oxygens (including phenoxy) is 3. The van der Waals surface area contributed by atoms with Crippen LogP contribution in [0.3, 0.4) is 0 Å². The number of amides is 1. The molecule has 0 aromatic rings. The average molecular weight is 365 g/mol. The molecule has 0 aliphatic carbocycles. The van der Waals surface area contributed by atoms with E-state index in [4.69, 9.17) is 14.6 Å². The van der Waals surface area contributed by atoms with Crippen molar-refractivity contribution >= 4 is 24.5 Å². The molecule has 0 aliphatic rings. The van der Waals surface area contributed by atoms with Crippen LogP contribution in [0.15, 0.2) is 0 Å². The number of hydrogen-bond acceptors (Lipinski definition) is 7. The van der Waals surface area contributed by atoms with Crippen molar-refractivity contribution in [3.63, 3.8) is 0 Å². The maximum Gasteiger partial charge on any atom is 0.410 e. The van der Waals surface area contributed by atoms with Crippen LogP contribution < -0.4 is 0 Å². The Kier molecular flexibility index (Phi) is 18.2. The Hall–Kier alpha value is -2.32. The predicted molar refractivity (Wildman–Crippen MR) is 91.1 cm³/mol. The summed E-state index contributed by atoms with van der Waals surface area (Å²) in [6.45, 7) is 9.22. The Morgan fingerprint density at radius 2 is 1.28 bits per heavy atom. The van der Waals surface area contributed by atoms with Gasteiger partial charge in [0.1, 0.15) is 5.60 Å². The molecule has 0 radical (unpaired) electrons. The molecule has 9 nitrogen and oxygen atoms in total. The summed E-state index contributed by atoms with van der Waals surface area (Å²) in [5.41, 5.74) is -0.647. The normalized spacial score (nSPS) is 9.24. The van der Waals surface area contributed by atoms with Gasteiger partial charge in [0.2, 0.25) is 0 Å². The molecule has 0 aromatic heterocycles. The van der Waals surface area contributed by atoms with Crippen molar-refractivity contribution in [1.82, 2.24) is 4.90 Å². The Balaban J connectivity index is -0.000000866. The van der Waals surface area contributed by atoms with Gasteiger partial charge in [-0.15, -0.1) is 0 Å². The number of methoxy groups -OCH3 is 2. The van der Waals surface area contributed by atoms with Crippen molar-refractivity contribution < 1.29 is 38.5 Å². The molecule has 148 valence electrons. The van der Waals surface area contributed by atoms with Crippen LogP contribution in [0, 0.1) is 0 Å². The Labute approximate surface area is 149 Å². The second-order valence-electron chi connectivity index (χ2n) is 5.23. The van der Waals surface area contributed by atoms with E-state index in [0.717, 1.165) is 0 Å². The van der Waals surface area contributed by atoms with Crippen molar-refractivity contribution in [3.8, 4) is 0 Å². The van der Waals surface area contributed by atoms with Crippen molar-refractivity contribution in [3.05, 3.63) is 0 Å². The Morgan fingerprint density at radius 3 is 1.52 bits per heavy atom. The van der Waals surface area contributed by atoms with Gasteiger partial charge in [0.05, 0.1) is 27.1 Å². The molecule has 0 bridgehead atoms. The van der Waals surface area contributed by atoms with Gasteiger partial charge >= 0.3 is 18.0 Å². The third-order valence-electron chi connectivity index (χ3n) is 2.28. The van der Waals surface area contributed by atoms with Crippen LogP contribution in [-0.2, 0) is 28.6 Å². The highest BCUT2D eigenvalue weighted by atomic mass is 16.6. The molecule has 0 aliphatic heterocycles. The summed E-state index contributed by atoms with van der Waals surface area (Å²) < 4.78 is 14.3. The van der Waals surface area contributed by atoms with Gasteiger partial charge < -0.3 is 24.2 Å². The molecule has 0 unspecified atom stereocenters. The lowest BCUT2D eigenvalue weighted by atomic mass is 10.2. The first-order valence-electron chi connectivity index (χ1n) is 7.80. The van der Waals surface area contributed by atoms with E-state index in [1.54, 1.807) is 20.8 Å². The maximum absolute atomic E-state index is 12.0. The lowest BCUT2D eigenvalue weighted by molar-refractivity contribution is -0.140. The number of hydrogen-bond donors (Lipinski definition) is 1.